The van der Waals surface area contributed by atoms with Gasteiger partial charge in [-0.2, -0.15) is 5.26 Å². The van der Waals surface area contributed by atoms with Crippen LogP contribution in [0.2, 0.25) is 0 Å². The van der Waals surface area contributed by atoms with Crippen molar-refractivity contribution in [3.8, 4) is 23.1 Å². The first kappa shape index (κ1) is 14.1. The fourth-order valence-corrected chi connectivity index (χ4v) is 1.96. The van der Waals surface area contributed by atoms with E-state index in [4.69, 9.17) is 10.00 Å². The molecule has 3 nitrogen and oxygen atoms in total. The van der Waals surface area contributed by atoms with E-state index in [1.807, 2.05) is 43.3 Å². The van der Waals surface area contributed by atoms with Gasteiger partial charge in [0.15, 0.2) is 0 Å². The van der Waals surface area contributed by atoms with Crippen LogP contribution in [0.3, 0.4) is 0 Å². The van der Waals surface area contributed by atoms with Crippen molar-refractivity contribution in [3.05, 3.63) is 47.7 Å². The van der Waals surface area contributed by atoms with E-state index >= 15 is 0 Å². The van der Waals surface area contributed by atoms with Crippen molar-refractivity contribution < 1.29 is 4.74 Å². The Balaban J connectivity index is 2.19. The van der Waals surface area contributed by atoms with Gasteiger partial charge in [0.05, 0.1) is 24.8 Å². The van der Waals surface area contributed by atoms with Crippen LogP contribution in [0.25, 0.3) is 11.3 Å². The molecule has 0 N–H and O–H groups in total. The highest BCUT2D eigenvalue weighted by atomic mass is 16.5. The van der Waals surface area contributed by atoms with Crippen LogP contribution < -0.4 is 4.74 Å². The highest BCUT2D eigenvalue weighted by molar-refractivity contribution is 5.60. The van der Waals surface area contributed by atoms with Crippen LogP contribution in [0.4, 0.5) is 0 Å². The van der Waals surface area contributed by atoms with Crippen molar-refractivity contribution in [1.29, 1.82) is 5.26 Å². The number of aromatic nitrogens is 1. The highest BCUT2D eigenvalue weighted by Crippen LogP contribution is 2.22. The van der Waals surface area contributed by atoms with Crippen LogP contribution in [0, 0.1) is 18.3 Å². The third-order valence-corrected chi connectivity index (χ3v) is 3.09. The Morgan fingerprint density at radius 3 is 2.50 bits per heavy atom. The lowest BCUT2D eigenvalue weighted by Crippen LogP contribution is -1.95. The lowest BCUT2D eigenvalue weighted by molar-refractivity contribution is 0.317. The molecular formula is C17H18N2O. The lowest BCUT2D eigenvalue weighted by atomic mass is 10.1. The van der Waals surface area contributed by atoms with Crippen LogP contribution >= 0.6 is 0 Å². The number of nitrogens with zero attached hydrogens (tertiary/aromatic N) is 2. The average Bonchev–Trinajstić information content (AvgIpc) is 2.48. The SMILES string of the molecule is CCCOc1ccc(-c2ccc(CC#N)c(C)n2)cc1. The van der Waals surface area contributed by atoms with Crippen molar-refractivity contribution in [2.75, 3.05) is 6.61 Å². The maximum Gasteiger partial charge on any atom is 0.119 e. The second-order valence-electron chi connectivity index (χ2n) is 4.65. The van der Waals surface area contributed by atoms with Gasteiger partial charge in [0, 0.05) is 11.3 Å². The number of hydrogen-bond donors (Lipinski definition) is 0. The number of ether oxygens (including phenoxy) is 1. The van der Waals surface area contributed by atoms with E-state index < -0.39 is 0 Å². The minimum Gasteiger partial charge on any atom is -0.494 e. The summed E-state index contributed by atoms with van der Waals surface area (Å²) in [5.74, 6) is 0.883. The molecule has 102 valence electrons. The number of pyridine rings is 1. The Labute approximate surface area is 119 Å². The summed E-state index contributed by atoms with van der Waals surface area (Å²) in [6.07, 6.45) is 1.41. The molecule has 0 aliphatic heterocycles. The molecule has 2 rings (SSSR count). The molecule has 20 heavy (non-hydrogen) atoms. The summed E-state index contributed by atoms with van der Waals surface area (Å²) >= 11 is 0. The van der Waals surface area contributed by atoms with Crippen LogP contribution in [-0.2, 0) is 6.42 Å². The Morgan fingerprint density at radius 2 is 1.90 bits per heavy atom. The summed E-state index contributed by atoms with van der Waals surface area (Å²) in [5.41, 5.74) is 3.88. The third-order valence-electron chi connectivity index (χ3n) is 3.09. The van der Waals surface area contributed by atoms with Crippen molar-refractivity contribution in [3.63, 3.8) is 0 Å². The number of hydrogen-bond acceptors (Lipinski definition) is 3. The van der Waals surface area contributed by atoms with E-state index in [-0.39, 0.29) is 0 Å². The average molecular weight is 266 g/mol. The Kier molecular flexibility index (Phi) is 4.73. The van der Waals surface area contributed by atoms with Crippen molar-refractivity contribution in [2.45, 2.75) is 26.7 Å². The molecule has 0 bridgehead atoms. The Morgan fingerprint density at radius 1 is 1.15 bits per heavy atom. The second-order valence-corrected chi connectivity index (χ2v) is 4.65. The van der Waals surface area contributed by atoms with Gasteiger partial charge >= 0.3 is 0 Å². The van der Waals surface area contributed by atoms with Gasteiger partial charge in [0.1, 0.15) is 5.75 Å². The van der Waals surface area contributed by atoms with E-state index in [2.05, 4.69) is 18.0 Å². The largest absolute Gasteiger partial charge is 0.494 e. The van der Waals surface area contributed by atoms with Gasteiger partial charge in [0.2, 0.25) is 0 Å². The van der Waals surface area contributed by atoms with Gasteiger partial charge in [-0.15, -0.1) is 0 Å². The second kappa shape index (κ2) is 6.72. The van der Waals surface area contributed by atoms with E-state index in [1.165, 1.54) is 0 Å². The van der Waals surface area contributed by atoms with Crippen LogP contribution in [0.5, 0.6) is 5.75 Å². The predicted molar refractivity (Wildman–Crippen MR) is 79.5 cm³/mol. The molecule has 0 aliphatic rings. The van der Waals surface area contributed by atoms with Crippen molar-refractivity contribution >= 4 is 0 Å². The molecule has 1 aromatic heterocycles. The van der Waals surface area contributed by atoms with E-state index in [0.29, 0.717) is 6.42 Å². The first-order valence-corrected chi connectivity index (χ1v) is 6.81. The Hall–Kier alpha value is -2.34. The van der Waals surface area contributed by atoms with Crippen LogP contribution in [0.1, 0.15) is 24.6 Å². The monoisotopic (exact) mass is 266 g/mol. The fourth-order valence-electron chi connectivity index (χ4n) is 1.96. The topological polar surface area (TPSA) is 45.9 Å². The summed E-state index contributed by atoms with van der Waals surface area (Å²) < 4.78 is 5.56. The fraction of sp³-hybridized carbons (Fsp3) is 0.294. The first-order valence-electron chi connectivity index (χ1n) is 6.81. The predicted octanol–water partition coefficient (Wildman–Crippen LogP) is 3.91. The zero-order valence-corrected chi connectivity index (χ0v) is 11.9. The number of benzene rings is 1. The quantitative estimate of drug-likeness (QED) is 0.824. The lowest BCUT2D eigenvalue weighted by Gasteiger charge is -2.07. The van der Waals surface area contributed by atoms with Gasteiger partial charge in [-0.1, -0.05) is 13.0 Å². The molecule has 2 aromatic rings. The summed E-state index contributed by atoms with van der Waals surface area (Å²) in [7, 11) is 0. The molecule has 0 amide bonds. The smallest absolute Gasteiger partial charge is 0.119 e. The van der Waals surface area contributed by atoms with Gasteiger partial charge in [-0.05, 0) is 49.2 Å². The van der Waals surface area contributed by atoms with Gasteiger partial charge < -0.3 is 4.74 Å². The zero-order valence-electron chi connectivity index (χ0n) is 11.9. The molecule has 1 aromatic carbocycles. The first-order chi connectivity index (χ1) is 9.74. The standard InChI is InChI=1S/C17H18N2O/c1-3-12-20-16-7-4-15(5-8-16)17-9-6-14(10-11-18)13(2)19-17/h4-9H,3,10,12H2,1-2H3. The maximum absolute atomic E-state index is 8.74. The molecule has 0 saturated heterocycles. The van der Waals surface area contributed by atoms with Crippen LogP contribution in [-0.4, -0.2) is 11.6 Å². The van der Waals surface area contributed by atoms with Gasteiger partial charge in [0.25, 0.3) is 0 Å². The van der Waals surface area contributed by atoms with Crippen molar-refractivity contribution in [1.82, 2.24) is 4.98 Å². The van der Waals surface area contributed by atoms with E-state index in [9.17, 15) is 0 Å². The minimum atomic E-state index is 0.406. The normalized spacial score (nSPS) is 10.1. The third kappa shape index (κ3) is 3.36. The van der Waals surface area contributed by atoms with Crippen molar-refractivity contribution in [2.24, 2.45) is 0 Å². The highest BCUT2D eigenvalue weighted by Gasteiger charge is 2.04. The van der Waals surface area contributed by atoms with E-state index in [1.54, 1.807) is 0 Å². The number of rotatable bonds is 5. The summed E-state index contributed by atoms with van der Waals surface area (Å²) in [6.45, 7) is 4.76. The molecule has 0 radical (unpaired) electrons. The molecule has 0 saturated carbocycles. The molecule has 0 atom stereocenters. The number of aryl methyl sites for hydroxylation is 1. The summed E-state index contributed by atoms with van der Waals surface area (Å²) in [5, 5.41) is 8.74. The summed E-state index contributed by atoms with van der Waals surface area (Å²) in [4.78, 5) is 4.56. The molecular weight excluding hydrogens is 248 g/mol. The van der Waals surface area contributed by atoms with E-state index in [0.717, 1.165) is 41.3 Å². The Bertz CT molecular complexity index is 612. The molecule has 1 heterocycles. The number of nitriles is 1. The molecule has 0 aliphatic carbocycles. The molecule has 0 fully saturated rings. The maximum atomic E-state index is 8.74. The molecule has 0 unspecified atom stereocenters. The molecule has 0 spiro atoms. The molecule has 3 heteroatoms. The zero-order chi connectivity index (χ0) is 14.4. The summed E-state index contributed by atoms with van der Waals surface area (Å²) in [6, 6.07) is 14.0. The van der Waals surface area contributed by atoms with Gasteiger partial charge in [-0.3, -0.25) is 4.98 Å². The van der Waals surface area contributed by atoms with Gasteiger partial charge in [-0.25, -0.2) is 0 Å². The van der Waals surface area contributed by atoms with Crippen LogP contribution in [0.15, 0.2) is 36.4 Å². The minimum absolute atomic E-state index is 0.406.